The first-order valence-corrected chi connectivity index (χ1v) is 7.27. The van der Waals surface area contributed by atoms with E-state index in [1.807, 2.05) is 18.7 Å². The minimum absolute atomic E-state index is 0.0479. The topological polar surface area (TPSA) is 49.6 Å². The predicted octanol–water partition coefficient (Wildman–Crippen LogP) is 1.63. The van der Waals surface area contributed by atoms with E-state index < -0.39 is 0 Å². The van der Waals surface area contributed by atoms with Gasteiger partial charge in [0.1, 0.15) is 0 Å². The Bertz CT molecular complexity index is 352. The van der Waals surface area contributed by atoms with E-state index in [4.69, 9.17) is 18.0 Å². The fourth-order valence-electron chi connectivity index (χ4n) is 2.24. The van der Waals surface area contributed by atoms with Gasteiger partial charge in [0.2, 0.25) is 5.91 Å². The van der Waals surface area contributed by atoms with E-state index >= 15 is 0 Å². The highest BCUT2D eigenvalue weighted by atomic mass is 32.1. The van der Waals surface area contributed by atoms with Crippen LogP contribution >= 0.6 is 12.2 Å². The highest BCUT2D eigenvalue weighted by Crippen LogP contribution is 2.22. The number of rotatable bonds is 3. The highest BCUT2D eigenvalue weighted by Gasteiger charge is 2.33. The van der Waals surface area contributed by atoms with Crippen LogP contribution < -0.4 is 5.73 Å². The lowest BCUT2D eigenvalue weighted by atomic mass is 9.91. The van der Waals surface area contributed by atoms with Crippen molar-refractivity contribution in [1.82, 2.24) is 9.80 Å². The quantitative estimate of drug-likeness (QED) is 0.801. The molecule has 0 spiro atoms. The highest BCUT2D eigenvalue weighted by molar-refractivity contribution is 7.80. The molecule has 0 unspecified atom stereocenters. The molecule has 110 valence electrons. The molecule has 4 nitrogen and oxygen atoms in total. The summed E-state index contributed by atoms with van der Waals surface area (Å²) in [6.45, 7) is 13.6. The molecule has 0 radical (unpaired) electrons. The fraction of sp³-hybridized carbons (Fsp3) is 0.857. The predicted molar refractivity (Wildman–Crippen MR) is 83.1 cm³/mol. The molecule has 1 rings (SSSR count). The van der Waals surface area contributed by atoms with Crippen molar-refractivity contribution in [3.8, 4) is 0 Å². The van der Waals surface area contributed by atoms with E-state index in [2.05, 4.69) is 25.7 Å². The Balaban J connectivity index is 2.54. The first-order chi connectivity index (χ1) is 8.54. The summed E-state index contributed by atoms with van der Waals surface area (Å²) in [7, 11) is 0. The second kappa shape index (κ2) is 5.75. The molecule has 1 aliphatic rings. The van der Waals surface area contributed by atoms with Gasteiger partial charge in [-0.25, -0.2) is 0 Å². The van der Waals surface area contributed by atoms with E-state index in [-0.39, 0.29) is 16.9 Å². The van der Waals surface area contributed by atoms with Crippen LogP contribution in [0.5, 0.6) is 0 Å². The number of carbonyl (C=O) groups is 1. The number of nitrogens with zero attached hydrogens (tertiary/aromatic N) is 2. The average molecular weight is 285 g/mol. The summed E-state index contributed by atoms with van der Waals surface area (Å²) in [5.74, 6) is 0.250. The number of amides is 1. The third-order valence-electron chi connectivity index (χ3n) is 3.71. The molecule has 0 atom stereocenters. The number of hydrogen-bond acceptors (Lipinski definition) is 3. The molecule has 1 aliphatic heterocycles. The summed E-state index contributed by atoms with van der Waals surface area (Å²) in [6.07, 6.45) is 0.603. The Morgan fingerprint density at radius 2 is 1.58 bits per heavy atom. The van der Waals surface area contributed by atoms with Gasteiger partial charge in [0.25, 0.3) is 0 Å². The molecule has 5 heteroatoms. The van der Waals surface area contributed by atoms with E-state index in [1.54, 1.807) is 0 Å². The standard InChI is InChI=1S/C14H27N3OS/c1-13(2,3)10-11(18)16-6-8-17(9-7-16)14(4,5)12(15)19/h6-10H2,1-5H3,(H2,15,19). The molecule has 0 bridgehead atoms. The van der Waals surface area contributed by atoms with Gasteiger partial charge in [-0.1, -0.05) is 33.0 Å². The molecular formula is C14H27N3OS. The van der Waals surface area contributed by atoms with Crippen LogP contribution in [0.2, 0.25) is 0 Å². The molecule has 0 aromatic heterocycles. The SMILES string of the molecule is CC(C)(C)CC(=O)N1CCN(C(C)(C)C(N)=S)CC1. The number of piperazine rings is 1. The monoisotopic (exact) mass is 285 g/mol. The molecule has 0 aromatic rings. The van der Waals surface area contributed by atoms with Crippen molar-refractivity contribution in [1.29, 1.82) is 0 Å². The third kappa shape index (κ3) is 4.42. The van der Waals surface area contributed by atoms with Crippen LogP contribution in [0.4, 0.5) is 0 Å². The van der Waals surface area contributed by atoms with Crippen LogP contribution in [0.25, 0.3) is 0 Å². The molecule has 19 heavy (non-hydrogen) atoms. The van der Waals surface area contributed by atoms with Gasteiger partial charge in [-0.15, -0.1) is 0 Å². The zero-order valence-electron chi connectivity index (χ0n) is 12.8. The van der Waals surface area contributed by atoms with Gasteiger partial charge in [-0.05, 0) is 19.3 Å². The van der Waals surface area contributed by atoms with Crippen LogP contribution in [-0.2, 0) is 4.79 Å². The summed E-state index contributed by atoms with van der Waals surface area (Å²) >= 11 is 5.12. The van der Waals surface area contributed by atoms with Gasteiger partial charge < -0.3 is 10.6 Å². The largest absolute Gasteiger partial charge is 0.392 e. The molecule has 0 saturated carbocycles. The number of nitrogens with two attached hydrogens (primary N) is 1. The minimum atomic E-state index is -0.269. The maximum atomic E-state index is 12.2. The summed E-state index contributed by atoms with van der Waals surface area (Å²) in [5.41, 5.74) is 5.57. The minimum Gasteiger partial charge on any atom is -0.392 e. The van der Waals surface area contributed by atoms with Crippen LogP contribution in [0, 0.1) is 5.41 Å². The van der Waals surface area contributed by atoms with Crippen molar-refractivity contribution in [2.45, 2.75) is 46.6 Å². The number of thiocarbonyl (C=S) groups is 1. The molecule has 1 heterocycles. The molecular weight excluding hydrogens is 258 g/mol. The van der Waals surface area contributed by atoms with Crippen LogP contribution in [0.15, 0.2) is 0 Å². The zero-order valence-corrected chi connectivity index (χ0v) is 13.6. The van der Waals surface area contributed by atoms with Crippen LogP contribution in [0.1, 0.15) is 41.0 Å². The smallest absolute Gasteiger partial charge is 0.223 e. The van der Waals surface area contributed by atoms with Crippen molar-refractivity contribution >= 4 is 23.1 Å². The molecule has 0 aromatic carbocycles. The lowest BCUT2D eigenvalue weighted by Crippen LogP contribution is -2.60. The van der Waals surface area contributed by atoms with Crippen molar-refractivity contribution in [2.24, 2.45) is 11.1 Å². The maximum Gasteiger partial charge on any atom is 0.223 e. The van der Waals surface area contributed by atoms with E-state index in [0.29, 0.717) is 11.4 Å². The summed E-state index contributed by atoms with van der Waals surface area (Å²) < 4.78 is 0. The lowest BCUT2D eigenvalue weighted by Gasteiger charge is -2.43. The summed E-state index contributed by atoms with van der Waals surface area (Å²) in [6, 6.07) is 0. The molecule has 1 amide bonds. The van der Waals surface area contributed by atoms with Crippen molar-refractivity contribution in [3.63, 3.8) is 0 Å². The Morgan fingerprint density at radius 3 is 1.95 bits per heavy atom. The van der Waals surface area contributed by atoms with E-state index in [0.717, 1.165) is 26.2 Å². The van der Waals surface area contributed by atoms with E-state index in [9.17, 15) is 4.79 Å². The molecule has 0 aliphatic carbocycles. The lowest BCUT2D eigenvalue weighted by molar-refractivity contribution is -0.135. The maximum absolute atomic E-state index is 12.2. The Hall–Kier alpha value is -0.680. The Labute approximate surface area is 122 Å². The zero-order chi connectivity index (χ0) is 14.8. The Morgan fingerprint density at radius 1 is 1.11 bits per heavy atom. The van der Waals surface area contributed by atoms with Gasteiger partial charge in [0.05, 0.1) is 10.5 Å². The van der Waals surface area contributed by atoms with Crippen molar-refractivity contribution in [3.05, 3.63) is 0 Å². The van der Waals surface area contributed by atoms with Gasteiger partial charge in [0.15, 0.2) is 0 Å². The van der Waals surface area contributed by atoms with Gasteiger partial charge in [-0.2, -0.15) is 0 Å². The first kappa shape index (κ1) is 16.4. The van der Waals surface area contributed by atoms with Gasteiger partial charge in [0, 0.05) is 32.6 Å². The van der Waals surface area contributed by atoms with Crippen molar-refractivity contribution in [2.75, 3.05) is 26.2 Å². The van der Waals surface area contributed by atoms with Crippen LogP contribution in [-0.4, -0.2) is 52.4 Å². The number of carbonyl (C=O) groups excluding carboxylic acids is 1. The molecule has 1 fully saturated rings. The third-order valence-corrected chi connectivity index (χ3v) is 4.21. The molecule has 2 N–H and O–H groups in total. The average Bonchev–Trinajstić information content (AvgIpc) is 2.26. The second-order valence-corrected chi connectivity index (χ2v) is 7.47. The fourth-order valence-corrected chi connectivity index (χ4v) is 2.37. The first-order valence-electron chi connectivity index (χ1n) is 6.87. The Kier molecular flexibility index (Phi) is 4.96. The normalized spacial score (nSPS) is 18.5. The summed E-state index contributed by atoms with van der Waals surface area (Å²) in [4.78, 5) is 16.9. The number of hydrogen-bond donors (Lipinski definition) is 1. The van der Waals surface area contributed by atoms with Crippen molar-refractivity contribution < 1.29 is 4.79 Å². The van der Waals surface area contributed by atoms with Gasteiger partial charge >= 0.3 is 0 Å². The van der Waals surface area contributed by atoms with Gasteiger partial charge in [-0.3, -0.25) is 9.69 Å². The second-order valence-electron chi connectivity index (χ2n) is 7.03. The summed E-state index contributed by atoms with van der Waals surface area (Å²) in [5, 5.41) is 0. The molecule has 1 saturated heterocycles. The van der Waals surface area contributed by atoms with E-state index in [1.165, 1.54) is 0 Å². The van der Waals surface area contributed by atoms with Crippen LogP contribution in [0.3, 0.4) is 0 Å².